The first-order valence-electron chi connectivity index (χ1n) is 19.6. The maximum absolute atomic E-state index is 2.34. The topological polar surface area (TPSA) is 3.24 Å². The Kier molecular flexibility index (Phi) is 8.95. The van der Waals surface area contributed by atoms with E-state index >= 15 is 0 Å². The summed E-state index contributed by atoms with van der Waals surface area (Å²) in [5.74, 6) is 0. The minimum atomic E-state index is 1.12. The van der Waals surface area contributed by atoms with Gasteiger partial charge in [-0.25, -0.2) is 0 Å². The highest BCUT2D eigenvalue weighted by atomic mass is 15.1. The quantitative estimate of drug-likeness (QED) is 0.141. The largest absolute Gasteiger partial charge is 0.310 e. The number of nitrogens with zero attached hydrogens (tertiary/aromatic N) is 1. The summed E-state index contributed by atoms with van der Waals surface area (Å²) in [6.07, 6.45) is 0. The van der Waals surface area contributed by atoms with Crippen LogP contribution in [0.3, 0.4) is 0 Å². The van der Waals surface area contributed by atoms with Gasteiger partial charge >= 0.3 is 0 Å². The Hall–Kier alpha value is -7.48. The van der Waals surface area contributed by atoms with Crippen LogP contribution in [0, 0.1) is 0 Å². The zero-order chi connectivity index (χ0) is 38.0. The van der Waals surface area contributed by atoms with E-state index < -0.39 is 0 Å². The number of hydrogen-bond donors (Lipinski definition) is 0. The molecule has 0 aliphatic carbocycles. The molecule has 268 valence electrons. The summed E-state index contributed by atoms with van der Waals surface area (Å²) in [5.41, 5.74) is 15.4. The third-order valence-corrected chi connectivity index (χ3v) is 11.0. The number of fused-ring (bicyclic) bond motifs is 3. The van der Waals surface area contributed by atoms with E-state index in [1.807, 2.05) is 0 Å². The van der Waals surface area contributed by atoms with Gasteiger partial charge in [0.25, 0.3) is 0 Å². The summed E-state index contributed by atoms with van der Waals surface area (Å²) in [7, 11) is 0. The number of rotatable bonds is 8. The van der Waals surface area contributed by atoms with Gasteiger partial charge in [0.1, 0.15) is 0 Å². The lowest BCUT2D eigenvalue weighted by atomic mass is 9.91. The first-order valence-corrected chi connectivity index (χ1v) is 19.6. The van der Waals surface area contributed by atoms with Crippen molar-refractivity contribution in [3.63, 3.8) is 0 Å². The molecule has 57 heavy (non-hydrogen) atoms. The van der Waals surface area contributed by atoms with Crippen LogP contribution in [-0.2, 0) is 0 Å². The van der Waals surface area contributed by atoms with E-state index in [9.17, 15) is 0 Å². The van der Waals surface area contributed by atoms with Gasteiger partial charge in [0.05, 0.1) is 0 Å². The monoisotopic (exact) mass is 725 g/mol. The van der Waals surface area contributed by atoms with Crippen LogP contribution >= 0.6 is 0 Å². The van der Waals surface area contributed by atoms with Crippen molar-refractivity contribution in [1.29, 1.82) is 0 Å². The Morgan fingerprint density at radius 3 is 1.07 bits per heavy atom. The Morgan fingerprint density at radius 2 is 0.561 bits per heavy atom. The minimum Gasteiger partial charge on any atom is -0.310 e. The van der Waals surface area contributed by atoms with E-state index in [1.54, 1.807) is 0 Å². The molecule has 0 atom stereocenters. The predicted octanol–water partition coefficient (Wildman–Crippen LogP) is 15.8. The van der Waals surface area contributed by atoms with Crippen LogP contribution in [0.2, 0.25) is 0 Å². The van der Waals surface area contributed by atoms with Gasteiger partial charge in [0.2, 0.25) is 0 Å². The second kappa shape index (κ2) is 15.0. The Labute approximate surface area is 334 Å². The van der Waals surface area contributed by atoms with Crippen molar-refractivity contribution >= 4 is 38.6 Å². The molecule has 10 aromatic carbocycles. The molecule has 10 rings (SSSR count). The molecule has 0 bridgehead atoms. The van der Waals surface area contributed by atoms with E-state index in [4.69, 9.17) is 0 Å². The summed E-state index contributed by atoms with van der Waals surface area (Å²) in [6, 6.07) is 85.5. The molecule has 0 spiro atoms. The van der Waals surface area contributed by atoms with Gasteiger partial charge in [-0.3, -0.25) is 0 Å². The molecule has 0 amide bonds. The molecule has 0 aliphatic rings. The smallest absolute Gasteiger partial charge is 0.0467 e. The SMILES string of the molecule is c1ccc(N(c2ccccc2)c2cccc(-c3cccc(-c4cccc(-c5cccc(-c6cccc(-c7cc8ccccc8c8ccccc78)c6)c5)c4)c3)c2)cc1. The molecule has 0 radical (unpaired) electrons. The molecular weight excluding hydrogens is 687 g/mol. The van der Waals surface area contributed by atoms with Crippen LogP contribution in [0.1, 0.15) is 0 Å². The van der Waals surface area contributed by atoms with Crippen molar-refractivity contribution in [2.24, 2.45) is 0 Å². The fourth-order valence-electron chi connectivity index (χ4n) is 8.22. The average molecular weight is 726 g/mol. The first-order chi connectivity index (χ1) is 28.2. The van der Waals surface area contributed by atoms with Crippen LogP contribution in [0.5, 0.6) is 0 Å². The molecule has 1 nitrogen and oxygen atoms in total. The van der Waals surface area contributed by atoms with Crippen LogP contribution < -0.4 is 4.90 Å². The van der Waals surface area contributed by atoms with Crippen molar-refractivity contribution in [3.05, 3.63) is 237 Å². The summed E-state index contributed by atoms with van der Waals surface area (Å²) in [5, 5.41) is 5.11. The fraction of sp³-hybridized carbons (Fsp3) is 0. The zero-order valence-corrected chi connectivity index (χ0v) is 31.5. The van der Waals surface area contributed by atoms with Crippen molar-refractivity contribution in [1.82, 2.24) is 0 Å². The number of para-hydroxylation sites is 2. The van der Waals surface area contributed by atoms with Gasteiger partial charge in [-0.1, -0.05) is 170 Å². The summed E-state index contributed by atoms with van der Waals surface area (Å²) >= 11 is 0. The Balaban J connectivity index is 0.965. The third kappa shape index (κ3) is 6.77. The van der Waals surface area contributed by atoms with Gasteiger partial charge in [-0.15, -0.1) is 0 Å². The highest BCUT2D eigenvalue weighted by Gasteiger charge is 2.14. The standard InChI is InChI=1S/C56H39N/c1-3-26-50(27-4-1)57(51-28-5-2-6-29-51)52-30-15-24-47(38-52)45-22-13-20-43(36-45)41-18-11-17-40(34-41)42-19-12-21-44(35-42)46-23-14-25-48(37-46)56-39-49-16-7-8-31-53(49)54-32-9-10-33-55(54)56/h1-39H. The van der Waals surface area contributed by atoms with E-state index in [-0.39, 0.29) is 0 Å². The van der Waals surface area contributed by atoms with Gasteiger partial charge < -0.3 is 4.90 Å². The lowest BCUT2D eigenvalue weighted by Crippen LogP contribution is -2.09. The van der Waals surface area contributed by atoms with E-state index in [2.05, 4.69) is 241 Å². The number of anilines is 3. The lowest BCUT2D eigenvalue weighted by Gasteiger charge is -2.26. The summed E-state index contributed by atoms with van der Waals surface area (Å²) in [4.78, 5) is 2.31. The van der Waals surface area contributed by atoms with Crippen LogP contribution in [0.4, 0.5) is 17.1 Å². The lowest BCUT2D eigenvalue weighted by molar-refractivity contribution is 1.28. The van der Waals surface area contributed by atoms with E-state index in [0.717, 1.165) is 17.1 Å². The average Bonchev–Trinajstić information content (AvgIpc) is 3.30. The van der Waals surface area contributed by atoms with E-state index in [0.29, 0.717) is 0 Å². The first kappa shape index (κ1) is 34.0. The number of benzene rings is 10. The predicted molar refractivity (Wildman–Crippen MR) is 243 cm³/mol. The van der Waals surface area contributed by atoms with Crippen molar-refractivity contribution in [2.75, 3.05) is 4.90 Å². The fourth-order valence-corrected chi connectivity index (χ4v) is 8.22. The summed E-state index contributed by atoms with van der Waals surface area (Å²) in [6.45, 7) is 0. The second-order valence-electron chi connectivity index (χ2n) is 14.6. The zero-order valence-electron chi connectivity index (χ0n) is 31.5. The third-order valence-electron chi connectivity index (χ3n) is 11.0. The van der Waals surface area contributed by atoms with Crippen LogP contribution in [-0.4, -0.2) is 0 Å². The van der Waals surface area contributed by atoms with E-state index in [1.165, 1.54) is 77.2 Å². The molecule has 0 unspecified atom stereocenters. The molecule has 0 aliphatic heterocycles. The highest BCUT2D eigenvalue weighted by Crippen LogP contribution is 2.39. The van der Waals surface area contributed by atoms with Crippen molar-refractivity contribution < 1.29 is 0 Å². The van der Waals surface area contributed by atoms with Crippen molar-refractivity contribution in [3.8, 4) is 55.6 Å². The van der Waals surface area contributed by atoms with Crippen molar-refractivity contribution in [2.45, 2.75) is 0 Å². The molecule has 0 saturated carbocycles. The second-order valence-corrected chi connectivity index (χ2v) is 14.6. The van der Waals surface area contributed by atoms with Gasteiger partial charge in [0, 0.05) is 17.1 Å². The number of hydrogen-bond acceptors (Lipinski definition) is 1. The maximum atomic E-state index is 2.34. The molecule has 0 N–H and O–H groups in total. The van der Waals surface area contributed by atoms with Crippen LogP contribution in [0.15, 0.2) is 237 Å². The molecule has 0 aromatic heterocycles. The van der Waals surface area contributed by atoms with Crippen LogP contribution in [0.25, 0.3) is 77.2 Å². The Bertz CT molecular complexity index is 2980. The van der Waals surface area contributed by atoms with Gasteiger partial charge in [-0.05, 0) is 144 Å². The minimum absolute atomic E-state index is 1.12. The normalized spacial score (nSPS) is 11.2. The molecule has 0 heterocycles. The molecule has 0 fully saturated rings. The molecular formula is C56H39N. The summed E-state index contributed by atoms with van der Waals surface area (Å²) < 4.78 is 0. The Morgan fingerprint density at radius 1 is 0.211 bits per heavy atom. The van der Waals surface area contributed by atoms with Gasteiger partial charge in [-0.2, -0.15) is 0 Å². The molecule has 0 saturated heterocycles. The molecule has 1 heteroatoms. The molecule has 10 aromatic rings. The maximum Gasteiger partial charge on any atom is 0.0467 e. The highest BCUT2D eigenvalue weighted by molar-refractivity contribution is 6.13. The van der Waals surface area contributed by atoms with Gasteiger partial charge in [0.15, 0.2) is 0 Å².